The van der Waals surface area contributed by atoms with Crippen molar-refractivity contribution in [2.75, 3.05) is 19.0 Å². The van der Waals surface area contributed by atoms with Crippen LogP contribution in [0.15, 0.2) is 42.6 Å². The fraction of sp³-hybridized carbons (Fsp3) is 0.333. The molecule has 9 nitrogen and oxygen atoms in total. The Balaban J connectivity index is 1.77. The molecule has 4 aromatic rings. The average Bonchev–Trinajstić information content (AvgIpc) is 3.40. The molecule has 3 aromatic heterocycles. The third-order valence-electron chi connectivity index (χ3n) is 5.61. The summed E-state index contributed by atoms with van der Waals surface area (Å²) >= 11 is 0. The lowest BCUT2D eigenvalue weighted by molar-refractivity contribution is 0.284. The van der Waals surface area contributed by atoms with Crippen LogP contribution in [-0.4, -0.2) is 54.3 Å². The van der Waals surface area contributed by atoms with E-state index in [4.69, 9.17) is 9.97 Å². The summed E-state index contributed by atoms with van der Waals surface area (Å²) in [4.78, 5) is 14.2. The van der Waals surface area contributed by atoms with Crippen molar-refractivity contribution in [2.45, 2.75) is 39.0 Å². The van der Waals surface area contributed by atoms with Gasteiger partial charge in [-0.2, -0.15) is 5.21 Å². The zero-order valence-electron chi connectivity index (χ0n) is 18.9. The van der Waals surface area contributed by atoms with Gasteiger partial charge in [0, 0.05) is 37.4 Å². The predicted octanol–water partition coefficient (Wildman–Crippen LogP) is 3.23. The molecular formula is C24H28N8O. The van der Waals surface area contributed by atoms with Gasteiger partial charge in [-0.15, -0.1) is 10.2 Å². The molecule has 33 heavy (non-hydrogen) atoms. The molecule has 3 heterocycles. The first kappa shape index (κ1) is 22.5. The fourth-order valence-corrected chi connectivity index (χ4v) is 3.89. The third kappa shape index (κ3) is 5.20. The van der Waals surface area contributed by atoms with Crippen LogP contribution in [0.1, 0.15) is 42.1 Å². The molecule has 0 unspecified atom stereocenters. The number of aromatic amines is 1. The second-order valence-electron chi connectivity index (χ2n) is 7.72. The van der Waals surface area contributed by atoms with Gasteiger partial charge in [-0.3, -0.25) is 4.98 Å². The fourth-order valence-electron chi connectivity index (χ4n) is 3.89. The summed E-state index contributed by atoms with van der Waals surface area (Å²) in [6, 6.07) is 12.2. The van der Waals surface area contributed by atoms with E-state index in [2.05, 4.69) is 62.1 Å². The Labute approximate surface area is 192 Å². The molecule has 0 aliphatic carbocycles. The highest BCUT2D eigenvalue weighted by molar-refractivity contribution is 5.65. The number of aromatic nitrogens is 7. The van der Waals surface area contributed by atoms with Crippen molar-refractivity contribution < 1.29 is 5.11 Å². The predicted molar refractivity (Wildman–Crippen MR) is 127 cm³/mol. The first-order valence-electron chi connectivity index (χ1n) is 11.2. The van der Waals surface area contributed by atoms with E-state index in [1.807, 2.05) is 19.2 Å². The largest absolute Gasteiger partial charge is 0.396 e. The van der Waals surface area contributed by atoms with Crippen LogP contribution in [0.2, 0.25) is 0 Å². The van der Waals surface area contributed by atoms with Gasteiger partial charge < -0.3 is 10.4 Å². The molecule has 0 fully saturated rings. The van der Waals surface area contributed by atoms with Crippen molar-refractivity contribution in [3.8, 4) is 22.9 Å². The molecular weight excluding hydrogens is 416 g/mol. The Morgan fingerprint density at radius 3 is 2.61 bits per heavy atom. The molecule has 170 valence electrons. The van der Waals surface area contributed by atoms with Gasteiger partial charge >= 0.3 is 0 Å². The Bertz CT molecular complexity index is 1190. The van der Waals surface area contributed by atoms with E-state index in [0.717, 1.165) is 54.7 Å². The number of aryl methyl sites for hydroxylation is 2. The smallest absolute Gasteiger partial charge is 0.222 e. The van der Waals surface area contributed by atoms with Crippen LogP contribution in [0, 0.1) is 0 Å². The second-order valence-corrected chi connectivity index (χ2v) is 7.72. The SMILES string of the molecule is CCc1ccccc1Cc1c(CCCCO)nc(-c2ccnc(-c3nn[nH]n3)c2)nc1NC. The van der Waals surface area contributed by atoms with E-state index in [1.54, 1.807) is 6.20 Å². The molecule has 0 atom stereocenters. The van der Waals surface area contributed by atoms with Gasteiger partial charge in [0.25, 0.3) is 0 Å². The number of H-pyrrole nitrogens is 1. The number of aliphatic hydroxyl groups excluding tert-OH is 1. The number of anilines is 1. The Morgan fingerprint density at radius 2 is 1.88 bits per heavy atom. The third-order valence-corrected chi connectivity index (χ3v) is 5.61. The van der Waals surface area contributed by atoms with Crippen LogP contribution in [0.25, 0.3) is 22.9 Å². The summed E-state index contributed by atoms with van der Waals surface area (Å²) in [5.74, 6) is 1.84. The normalized spacial score (nSPS) is 11.0. The maximum absolute atomic E-state index is 9.30. The first-order chi connectivity index (χ1) is 16.2. The number of nitrogens with zero attached hydrogens (tertiary/aromatic N) is 6. The van der Waals surface area contributed by atoms with Crippen LogP contribution in [0.5, 0.6) is 0 Å². The molecule has 0 aliphatic rings. The quantitative estimate of drug-likeness (QED) is 0.318. The van der Waals surface area contributed by atoms with Crippen LogP contribution < -0.4 is 5.32 Å². The highest BCUT2D eigenvalue weighted by Crippen LogP contribution is 2.28. The maximum Gasteiger partial charge on any atom is 0.222 e. The van der Waals surface area contributed by atoms with Gasteiger partial charge in [-0.25, -0.2) is 9.97 Å². The zero-order chi connectivity index (χ0) is 23.0. The van der Waals surface area contributed by atoms with Gasteiger partial charge in [-0.1, -0.05) is 31.2 Å². The molecule has 0 spiro atoms. The van der Waals surface area contributed by atoms with Gasteiger partial charge in [0.2, 0.25) is 5.82 Å². The lowest BCUT2D eigenvalue weighted by Crippen LogP contribution is -2.10. The number of nitrogens with one attached hydrogen (secondary N) is 2. The molecule has 1 aromatic carbocycles. The number of tetrazole rings is 1. The molecule has 0 aliphatic heterocycles. The minimum Gasteiger partial charge on any atom is -0.396 e. The Hall–Kier alpha value is -3.72. The van der Waals surface area contributed by atoms with Crippen LogP contribution >= 0.6 is 0 Å². The van der Waals surface area contributed by atoms with Crippen LogP contribution in [0.4, 0.5) is 5.82 Å². The molecule has 3 N–H and O–H groups in total. The first-order valence-corrected chi connectivity index (χ1v) is 11.2. The number of hydrogen-bond acceptors (Lipinski definition) is 8. The number of pyridine rings is 1. The summed E-state index contributed by atoms with van der Waals surface area (Å²) in [6.45, 7) is 2.34. The summed E-state index contributed by atoms with van der Waals surface area (Å²) in [6.07, 6.45) is 5.76. The molecule has 0 saturated heterocycles. The van der Waals surface area contributed by atoms with Crippen LogP contribution in [0.3, 0.4) is 0 Å². The summed E-state index contributed by atoms with van der Waals surface area (Å²) in [5, 5.41) is 26.7. The number of hydrogen-bond donors (Lipinski definition) is 3. The molecule has 0 bridgehead atoms. The average molecular weight is 445 g/mol. The number of aliphatic hydroxyl groups is 1. The van der Waals surface area contributed by atoms with Gasteiger partial charge in [-0.05, 0) is 54.2 Å². The summed E-state index contributed by atoms with van der Waals surface area (Å²) in [7, 11) is 1.89. The Kier molecular flexibility index (Phi) is 7.31. The topological polar surface area (TPSA) is 125 Å². The van der Waals surface area contributed by atoms with E-state index in [1.165, 1.54) is 11.1 Å². The van der Waals surface area contributed by atoms with E-state index in [-0.39, 0.29) is 6.61 Å². The molecule has 4 rings (SSSR count). The lowest BCUT2D eigenvalue weighted by atomic mass is 9.96. The van der Waals surface area contributed by atoms with Crippen molar-refractivity contribution in [3.05, 3.63) is 65.0 Å². The highest BCUT2D eigenvalue weighted by atomic mass is 16.2. The van der Waals surface area contributed by atoms with Crippen molar-refractivity contribution >= 4 is 5.82 Å². The maximum atomic E-state index is 9.30. The minimum absolute atomic E-state index is 0.170. The zero-order valence-corrected chi connectivity index (χ0v) is 18.9. The second kappa shape index (κ2) is 10.7. The number of benzene rings is 1. The van der Waals surface area contributed by atoms with Gasteiger partial charge in [0.1, 0.15) is 11.5 Å². The van der Waals surface area contributed by atoms with Crippen molar-refractivity contribution in [1.29, 1.82) is 0 Å². The van der Waals surface area contributed by atoms with E-state index in [0.29, 0.717) is 17.3 Å². The standard InChI is InChI=1S/C24H28N8O/c1-3-16-8-4-5-9-17(16)14-19-20(10-6-7-13-33)27-22(28-23(19)25-2)18-11-12-26-21(15-18)24-29-31-32-30-24/h4-5,8-9,11-12,15,33H,3,6-7,10,13-14H2,1-2H3,(H,25,27,28)(H,29,30,31,32). The number of unbranched alkanes of at least 4 members (excludes halogenated alkanes) is 1. The summed E-state index contributed by atoms with van der Waals surface area (Å²) < 4.78 is 0. The highest BCUT2D eigenvalue weighted by Gasteiger charge is 2.17. The molecule has 9 heteroatoms. The van der Waals surface area contributed by atoms with Crippen molar-refractivity contribution in [3.63, 3.8) is 0 Å². The number of rotatable bonds is 10. The van der Waals surface area contributed by atoms with E-state index < -0.39 is 0 Å². The van der Waals surface area contributed by atoms with Gasteiger partial charge in [0.05, 0.1) is 5.69 Å². The van der Waals surface area contributed by atoms with E-state index in [9.17, 15) is 5.11 Å². The molecule has 0 saturated carbocycles. The Morgan fingerprint density at radius 1 is 1.03 bits per heavy atom. The molecule has 0 radical (unpaired) electrons. The monoisotopic (exact) mass is 444 g/mol. The molecule has 0 amide bonds. The van der Waals surface area contributed by atoms with E-state index >= 15 is 0 Å². The minimum atomic E-state index is 0.170. The van der Waals surface area contributed by atoms with Crippen molar-refractivity contribution in [1.82, 2.24) is 35.6 Å². The lowest BCUT2D eigenvalue weighted by Gasteiger charge is -2.17. The summed E-state index contributed by atoms with van der Waals surface area (Å²) in [5.41, 5.74) is 6.10. The van der Waals surface area contributed by atoms with Crippen molar-refractivity contribution in [2.24, 2.45) is 0 Å². The van der Waals surface area contributed by atoms with Gasteiger partial charge in [0.15, 0.2) is 5.82 Å². The van der Waals surface area contributed by atoms with Crippen LogP contribution in [-0.2, 0) is 19.3 Å².